The molecule has 126 valence electrons. The van der Waals surface area contributed by atoms with Crippen LogP contribution in [0.3, 0.4) is 0 Å². The van der Waals surface area contributed by atoms with Gasteiger partial charge in [-0.1, -0.05) is 12.1 Å². The van der Waals surface area contributed by atoms with Gasteiger partial charge in [-0.2, -0.15) is 5.26 Å². The Bertz CT molecular complexity index is 1190. The van der Waals surface area contributed by atoms with E-state index in [0.717, 1.165) is 16.9 Å². The zero-order valence-electron chi connectivity index (χ0n) is 13.8. The van der Waals surface area contributed by atoms with Gasteiger partial charge in [0, 0.05) is 29.2 Å². The summed E-state index contributed by atoms with van der Waals surface area (Å²) in [5, 5.41) is 9.27. The molecule has 4 aromatic rings. The number of anilines is 1. The second-order valence-electron chi connectivity index (χ2n) is 5.82. The van der Waals surface area contributed by atoms with Crippen molar-refractivity contribution in [2.75, 3.05) is 5.73 Å². The maximum Gasteiger partial charge on any atom is 0.183 e. The minimum atomic E-state index is -0.390. The summed E-state index contributed by atoms with van der Waals surface area (Å²) in [4.78, 5) is 13.0. The van der Waals surface area contributed by atoms with Crippen LogP contribution in [0.4, 0.5) is 10.2 Å². The second-order valence-corrected chi connectivity index (χ2v) is 5.82. The van der Waals surface area contributed by atoms with E-state index in [0.29, 0.717) is 17.0 Å². The first-order valence-corrected chi connectivity index (χ1v) is 7.84. The molecular weight excluding hydrogens is 331 g/mol. The molecule has 26 heavy (non-hydrogen) atoms. The molecule has 3 aromatic heterocycles. The fourth-order valence-electron chi connectivity index (χ4n) is 2.81. The number of rotatable bonds is 2. The smallest absolute Gasteiger partial charge is 0.183 e. The third-order valence-electron chi connectivity index (χ3n) is 4.09. The van der Waals surface area contributed by atoms with E-state index in [4.69, 9.17) is 5.73 Å². The number of nitriles is 1. The van der Waals surface area contributed by atoms with E-state index in [-0.39, 0.29) is 17.3 Å². The average Bonchev–Trinajstić information content (AvgIpc) is 3.02. The Morgan fingerprint density at radius 2 is 1.92 bits per heavy atom. The first kappa shape index (κ1) is 15.7. The van der Waals surface area contributed by atoms with Crippen molar-refractivity contribution >= 4 is 11.5 Å². The van der Waals surface area contributed by atoms with E-state index < -0.39 is 0 Å². The van der Waals surface area contributed by atoms with Gasteiger partial charge >= 0.3 is 0 Å². The molecule has 6 nitrogen and oxygen atoms in total. The number of nitrogen functional groups attached to an aromatic ring is 1. The molecule has 0 aliphatic rings. The molecule has 0 aliphatic carbocycles. The molecule has 3 heterocycles. The largest absolute Gasteiger partial charge is 0.381 e. The molecule has 4 rings (SSSR count). The Balaban J connectivity index is 2.01. The van der Waals surface area contributed by atoms with Gasteiger partial charge in [0.25, 0.3) is 0 Å². The number of nitrogens with zero attached hydrogens (tertiary/aromatic N) is 5. The summed E-state index contributed by atoms with van der Waals surface area (Å²) in [6, 6.07) is 11.7. The normalized spacial score (nSPS) is 10.8. The molecule has 0 spiro atoms. The van der Waals surface area contributed by atoms with E-state index in [1.54, 1.807) is 18.3 Å². The van der Waals surface area contributed by atoms with Crippen LogP contribution in [0.25, 0.3) is 28.2 Å². The zero-order valence-corrected chi connectivity index (χ0v) is 13.8. The van der Waals surface area contributed by atoms with Crippen molar-refractivity contribution in [2.45, 2.75) is 6.92 Å². The number of aryl methyl sites for hydroxylation is 1. The number of fused-ring (bicyclic) bond motifs is 1. The van der Waals surface area contributed by atoms with Gasteiger partial charge in [-0.05, 0) is 31.2 Å². The Kier molecular flexibility index (Phi) is 3.59. The lowest BCUT2D eigenvalue weighted by Crippen LogP contribution is -2.04. The van der Waals surface area contributed by atoms with Crippen LogP contribution in [0.1, 0.15) is 11.4 Å². The zero-order chi connectivity index (χ0) is 18.3. The fraction of sp³-hybridized carbons (Fsp3) is 0.0526. The molecule has 0 radical (unpaired) electrons. The molecule has 0 unspecified atom stereocenters. The maximum atomic E-state index is 13.7. The number of pyridine rings is 1. The second kappa shape index (κ2) is 5.93. The Morgan fingerprint density at radius 3 is 2.69 bits per heavy atom. The first-order valence-electron chi connectivity index (χ1n) is 7.84. The monoisotopic (exact) mass is 344 g/mol. The average molecular weight is 344 g/mol. The van der Waals surface area contributed by atoms with Gasteiger partial charge in [-0.25, -0.2) is 19.3 Å². The van der Waals surface area contributed by atoms with Crippen molar-refractivity contribution < 1.29 is 4.39 Å². The molecule has 1 aromatic carbocycles. The third kappa shape index (κ3) is 2.54. The molecule has 0 saturated heterocycles. The van der Waals surface area contributed by atoms with E-state index in [2.05, 4.69) is 15.0 Å². The lowest BCUT2D eigenvalue weighted by atomic mass is 10.0. The van der Waals surface area contributed by atoms with Crippen LogP contribution in [-0.4, -0.2) is 19.4 Å². The predicted octanol–water partition coefficient (Wildman–Crippen LogP) is 3.36. The van der Waals surface area contributed by atoms with Gasteiger partial charge in [0.1, 0.15) is 17.5 Å². The lowest BCUT2D eigenvalue weighted by Gasteiger charge is -2.11. The highest BCUT2D eigenvalue weighted by Crippen LogP contribution is 2.31. The van der Waals surface area contributed by atoms with Crippen molar-refractivity contribution in [1.82, 2.24) is 19.4 Å². The Morgan fingerprint density at radius 1 is 1.12 bits per heavy atom. The quantitative estimate of drug-likeness (QED) is 0.602. The molecule has 0 amide bonds. The highest BCUT2D eigenvalue weighted by Gasteiger charge is 2.16. The fourth-order valence-corrected chi connectivity index (χ4v) is 2.81. The first-order chi connectivity index (χ1) is 12.6. The van der Waals surface area contributed by atoms with Crippen molar-refractivity contribution in [3.63, 3.8) is 0 Å². The van der Waals surface area contributed by atoms with Gasteiger partial charge in [-0.3, -0.25) is 0 Å². The van der Waals surface area contributed by atoms with Crippen LogP contribution in [0.2, 0.25) is 0 Å². The summed E-state index contributed by atoms with van der Waals surface area (Å²) in [6.45, 7) is 1.94. The Labute approximate surface area is 148 Å². The van der Waals surface area contributed by atoms with Gasteiger partial charge in [0.2, 0.25) is 0 Å². The van der Waals surface area contributed by atoms with Crippen LogP contribution in [0.15, 0.2) is 48.8 Å². The number of hydrogen-bond acceptors (Lipinski definition) is 5. The molecule has 0 fully saturated rings. The van der Waals surface area contributed by atoms with Gasteiger partial charge in [-0.15, -0.1) is 0 Å². The lowest BCUT2D eigenvalue weighted by molar-refractivity contribution is 0.628. The maximum absolute atomic E-state index is 13.7. The minimum absolute atomic E-state index is 0.00963. The highest BCUT2D eigenvalue weighted by atomic mass is 19.1. The van der Waals surface area contributed by atoms with Crippen molar-refractivity contribution in [2.24, 2.45) is 0 Å². The number of aromatic nitrogens is 4. The Hall–Kier alpha value is -3.79. The van der Waals surface area contributed by atoms with Gasteiger partial charge in [0.15, 0.2) is 11.5 Å². The molecule has 0 bridgehead atoms. The van der Waals surface area contributed by atoms with Gasteiger partial charge < -0.3 is 10.1 Å². The molecule has 0 aliphatic heterocycles. The highest BCUT2D eigenvalue weighted by molar-refractivity contribution is 5.80. The number of hydrogen-bond donors (Lipinski definition) is 1. The number of benzene rings is 1. The molecule has 0 atom stereocenters. The SMILES string of the molecule is Cc1cnc2ccc(-c3nc(C#N)c(N)nc3-c3cccc(F)c3)cn12. The number of imidazole rings is 1. The van der Waals surface area contributed by atoms with Crippen molar-refractivity contribution in [3.05, 3.63) is 66.0 Å². The predicted molar refractivity (Wildman–Crippen MR) is 95.5 cm³/mol. The van der Waals surface area contributed by atoms with Crippen LogP contribution >= 0.6 is 0 Å². The third-order valence-corrected chi connectivity index (χ3v) is 4.09. The van der Waals surface area contributed by atoms with E-state index in [1.165, 1.54) is 12.1 Å². The summed E-state index contributed by atoms with van der Waals surface area (Å²) in [7, 11) is 0. The van der Waals surface area contributed by atoms with Crippen molar-refractivity contribution in [3.8, 4) is 28.6 Å². The van der Waals surface area contributed by atoms with E-state index >= 15 is 0 Å². The van der Waals surface area contributed by atoms with Crippen LogP contribution in [0, 0.1) is 24.1 Å². The molecule has 7 heteroatoms. The summed E-state index contributed by atoms with van der Waals surface area (Å²) >= 11 is 0. The number of nitrogens with two attached hydrogens (primary N) is 1. The number of halogens is 1. The summed E-state index contributed by atoms with van der Waals surface area (Å²) in [5.41, 5.74) is 9.76. The van der Waals surface area contributed by atoms with E-state index in [1.807, 2.05) is 35.7 Å². The summed E-state index contributed by atoms with van der Waals surface area (Å²) in [5.74, 6) is -0.380. The minimum Gasteiger partial charge on any atom is -0.381 e. The van der Waals surface area contributed by atoms with Crippen LogP contribution in [-0.2, 0) is 0 Å². The summed E-state index contributed by atoms with van der Waals surface area (Å²) in [6.07, 6.45) is 3.63. The standard InChI is InChI=1S/C19H13FN6/c1-11-9-23-16-6-5-13(10-26(11)16)18-17(12-3-2-4-14(20)7-12)25-19(22)15(8-21)24-18/h2-7,9-10H,1H3,(H2,22,25). The van der Waals surface area contributed by atoms with Crippen LogP contribution < -0.4 is 5.73 Å². The van der Waals surface area contributed by atoms with Crippen LogP contribution in [0.5, 0.6) is 0 Å². The van der Waals surface area contributed by atoms with Gasteiger partial charge in [0.05, 0.1) is 11.4 Å². The van der Waals surface area contributed by atoms with E-state index in [9.17, 15) is 9.65 Å². The molecule has 2 N–H and O–H groups in total. The molecule has 0 saturated carbocycles. The summed E-state index contributed by atoms with van der Waals surface area (Å²) < 4.78 is 15.6. The van der Waals surface area contributed by atoms with Crippen molar-refractivity contribution in [1.29, 1.82) is 5.26 Å². The topological polar surface area (TPSA) is 92.9 Å². The molecular formula is C19H13FN6.